The van der Waals surface area contributed by atoms with Gasteiger partial charge in [-0.15, -0.1) is 0 Å². The van der Waals surface area contributed by atoms with Gasteiger partial charge in [0.25, 0.3) is 0 Å². The van der Waals surface area contributed by atoms with Crippen LogP contribution in [0, 0.1) is 0 Å². The lowest BCUT2D eigenvalue weighted by Crippen LogP contribution is -2.29. The number of likely N-dealkylation sites (N-methyl/N-ethyl adjacent to an activating group) is 2. The summed E-state index contributed by atoms with van der Waals surface area (Å²) in [5, 5.41) is 16.7. The number of amides is 1. The van der Waals surface area contributed by atoms with Crippen molar-refractivity contribution in [1.29, 1.82) is 0 Å². The highest BCUT2D eigenvalue weighted by molar-refractivity contribution is 5.96. The minimum absolute atomic E-state index is 0.0675. The van der Waals surface area contributed by atoms with Gasteiger partial charge in [-0.25, -0.2) is 15.0 Å². The van der Waals surface area contributed by atoms with Crippen molar-refractivity contribution in [3.05, 3.63) is 60.7 Å². The number of benzene rings is 2. The summed E-state index contributed by atoms with van der Waals surface area (Å²) in [4.78, 5) is 34.3. The lowest BCUT2D eigenvalue weighted by molar-refractivity contribution is -0.115. The molecule has 5 aromatic rings. The van der Waals surface area contributed by atoms with Gasteiger partial charge in [-0.2, -0.15) is 0 Å². The number of nitrogens with one attached hydrogen (secondary N) is 3. The Morgan fingerprint density at radius 3 is 2.67 bits per heavy atom. The van der Waals surface area contributed by atoms with Crippen LogP contribution < -0.4 is 20.3 Å². The lowest BCUT2D eigenvalue weighted by Gasteiger charge is -2.26. The fourth-order valence-corrected chi connectivity index (χ4v) is 4.92. The number of methoxy groups -OCH3 is 1. The highest BCUT2D eigenvalue weighted by atomic mass is 16.5. The quantitative estimate of drug-likeness (QED) is 0.130. The molecule has 236 valence electrons. The second-order valence-electron chi connectivity index (χ2n) is 11.0. The molecule has 3 heterocycles. The van der Waals surface area contributed by atoms with E-state index in [1.165, 1.54) is 0 Å². The summed E-state index contributed by atoms with van der Waals surface area (Å²) in [5.41, 5.74) is 5.79. The predicted molar refractivity (Wildman–Crippen MR) is 177 cm³/mol. The molecular weight excluding hydrogens is 572 g/mol. The van der Waals surface area contributed by atoms with E-state index in [9.17, 15) is 9.90 Å². The Hall–Kier alpha value is -4.94. The molecular formula is C33H40N8O4. The number of ether oxygens (including phenoxy) is 1. The summed E-state index contributed by atoms with van der Waals surface area (Å²) >= 11 is 0. The zero-order valence-corrected chi connectivity index (χ0v) is 26.3. The number of hydrogen-bond donors (Lipinski definition) is 4. The molecule has 0 aliphatic rings. The Morgan fingerprint density at radius 1 is 1.07 bits per heavy atom. The van der Waals surface area contributed by atoms with E-state index in [0.717, 1.165) is 52.5 Å². The summed E-state index contributed by atoms with van der Waals surface area (Å²) in [7, 11) is 7.64. The third-order valence-corrected chi connectivity index (χ3v) is 7.42. The van der Waals surface area contributed by atoms with E-state index in [1.807, 2.05) is 70.5 Å². The molecule has 1 amide bonds. The van der Waals surface area contributed by atoms with Gasteiger partial charge in [0.1, 0.15) is 17.2 Å². The minimum Gasteiger partial charge on any atom is -0.494 e. The molecule has 0 unspecified atom stereocenters. The number of rotatable bonds is 14. The SMILES string of the molecule is CCC(=O)Nc1cc(Nc2nccc(-c3[nH]c(CCCO)nc3-c3ccc4ccoc4c3)n2)c(OC)cc1N(C)CCN(C)C. The highest BCUT2D eigenvalue weighted by Crippen LogP contribution is 2.38. The highest BCUT2D eigenvalue weighted by Gasteiger charge is 2.19. The number of anilines is 4. The van der Waals surface area contributed by atoms with Crippen LogP contribution in [0.1, 0.15) is 25.6 Å². The van der Waals surface area contributed by atoms with Gasteiger partial charge in [-0.3, -0.25) is 4.79 Å². The average molecular weight is 613 g/mol. The van der Waals surface area contributed by atoms with Crippen molar-refractivity contribution in [2.75, 3.05) is 63.5 Å². The van der Waals surface area contributed by atoms with Gasteiger partial charge >= 0.3 is 0 Å². The summed E-state index contributed by atoms with van der Waals surface area (Å²) in [6, 6.07) is 13.4. The number of aromatic nitrogens is 4. The van der Waals surface area contributed by atoms with Crippen molar-refractivity contribution in [3.63, 3.8) is 0 Å². The Labute approximate surface area is 262 Å². The summed E-state index contributed by atoms with van der Waals surface area (Å²) in [6.45, 7) is 3.48. The maximum Gasteiger partial charge on any atom is 0.227 e. The standard InChI is InChI=1S/C33H40N8O4/c1-6-30(43)35-24-19-25(28(44-5)20-26(24)41(4)15-14-40(2)3)37-33-34-13-11-23(36-33)32-31(38-29(39-32)8-7-16-42)22-10-9-21-12-17-45-27(21)18-22/h9-13,17-20,42H,6-8,14-16H2,1-5H3,(H,35,43)(H,38,39)(H,34,36,37). The summed E-state index contributed by atoms with van der Waals surface area (Å²) in [6.07, 6.45) is 4.85. The first-order valence-corrected chi connectivity index (χ1v) is 14.9. The number of aliphatic hydroxyl groups excluding tert-OH is 1. The molecule has 0 aliphatic carbocycles. The largest absolute Gasteiger partial charge is 0.494 e. The Bertz CT molecular complexity index is 1760. The first kappa shape index (κ1) is 31.5. The van der Waals surface area contributed by atoms with Gasteiger partial charge in [0, 0.05) is 62.8 Å². The van der Waals surface area contributed by atoms with Crippen LogP contribution in [0.4, 0.5) is 23.0 Å². The Balaban J connectivity index is 1.51. The number of carbonyl (C=O) groups excluding carboxylic acids is 1. The van der Waals surface area contributed by atoms with E-state index < -0.39 is 0 Å². The van der Waals surface area contributed by atoms with E-state index in [-0.39, 0.29) is 12.5 Å². The topological polar surface area (TPSA) is 145 Å². The van der Waals surface area contributed by atoms with Gasteiger partial charge in [0.05, 0.1) is 47.5 Å². The fourth-order valence-electron chi connectivity index (χ4n) is 4.92. The van der Waals surface area contributed by atoms with Crippen LogP contribution in [0.5, 0.6) is 5.75 Å². The van der Waals surface area contributed by atoms with Crippen LogP contribution in [0.2, 0.25) is 0 Å². The van der Waals surface area contributed by atoms with E-state index >= 15 is 0 Å². The molecule has 0 bridgehead atoms. The molecule has 0 radical (unpaired) electrons. The predicted octanol–water partition coefficient (Wildman–Crippen LogP) is 5.30. The number of aromatic amines is 1. The molecule has 0 aliphatic heterocycles. The van der Waals surface area contributed by atoms with Gasteiger partial charge < -0.3 is 39.7 Å². The molecule has 5 rings (SSSR count). The maximum absolute atomic E-state index is 12.5. The van der Waals surface area contributed by atoms with Gasteiger partial charge in [-0.1, -0.05) is 19.1 Å². The van der Waals surface area contributed by atoms with Crippen molar-refractivity contribution < 1.29 is 19.1 Å². The first-order valence-electron chi connectivity index (χ1n) is 14.9. The van der Waals surface area contributed by atoms with Gasteiger partial charge in [-0.05, 0) is 44.8 Å². The Kier molecular flexibility index (Phi) is 9.95. The van der Waals surface area contributed by atoms with E-state index in [0.29, 0.717) is 48.0 Å². The zero-order valence-electron chi connectivity index (χ0n) is 26.3. The number of aryl methyl sites for hydroxylation is 1. The molecule has 3 aromatic heterocycles. The number of nitrogens with zero attached hydrogens (tertiary/aromatic N) is 5. The maximum atomic E-state index is 12.5. The molecule has 0 atom stereocenters. The number of carbonyl (C=O) groups is 1. The number of imidazole rings is 1. The average Bonchev–Trinajstić information content (AvgIpc) is 3.70. The van der Waals surface area contributed by atoms with Gasteiger partial charge in [0.2, 0.25) is 11.9 Å². The number of furan rings is 1. The molecule has 0 saturated carbocycles. The van der Waals surface area contributed by atoms with Crippen molar-refractivity contribution in [2.45, 2.75) is 26.2 Å². The van der Waals surface area contributed by atoms with Crippen LogP contribution in [0.15, 0.2) is 59.3 Å². The molecule has 0 saturated heterocycles. The third-order valence-electron chi connectivity index (χ3n) is 7.42. The monoisotopic (exact) mass is 612 g/mol. The molecule has 4 N–H and O–H groups in total. The minimum atomic E-state index is -0.0943. The molecule has 12 heteroatoms. The molecule has 12 nitrogen and oxygen atoms in total. The summed E-state index contributed by atoms with van der Waals surface area (Å²) in [5.74, 6) is 1.56. The number of aliphatic hydroxyl groups is 1. The van der Waals surface area contributed by atoms with Crippen molar-refractivity contribution in [2.24, 2.45) is 0 Å². The molecule has 45 heavy (non-hydrogen) atoms. The van der Waals surface area contributed by atoms with Gasteiger partial charge in [0.15, 0.2) is 0 Å². The van der Waals surface area contributed by atoms with Crippen LogP contribution in [0.25, 0.3) is 33.6 Å². The number of H-pyrrole nitrogens is 1. The van der Waals surface area contributed by atoms with Crippen LogP contribution in [0.3, 0.4) is 0 Å². The van der Waals surface area contributed by atoms with E-state index in [4.69, 9.17) is 19.1 Å². The van der Waals surface area contributed by atoms with E-state index in [1.54, 1.807) is 19.6 Å². The number of hydrogen-bond acceptors (Lipinski definition) is 10. The summed E-state index contributed by atoms with van der Waals surface area (Å²) < 4.78 is 11.4. The van der Waals surface area contributed by atoms with Crippen LogP contribution >= 0.6 is 0 Å². The molecule has 0 fully saturated rings. The van der Waals surface area contributed by atoms with Crippen LogP contribution in [-0.4, -0.2) is 83.8 Å². The lowest BCUT2D eigenvalue weighted by atomic mass is 10.1. The second-order valence-corrected chi connectivity index (χ2v) is 11.0. The van der Waals surface area contributed by atoms with E-state index in [2.05, 4.69) is 30.4 Å². The smallest absolute Gasteiger partial charge is 0.227 e. The normalized spacial score (nSPS) is 11.3. The Morgan fingerprint density at radius 2 is 1.91 bits per heavy atom. The zero-order chi connectivity index (χ0) is 31.9. The molecule has 2 aromatic carbocycles. The van der Waals surface area contributed by atoms with Crippen molar-refractivity contribution >= 4 is 39.9 Å². The van der Waals surface area contributed by atoms with Crippen molar-refractivity contribution in [3.8, 4) is 28.4 Å². The first-order chi connectivity index (χ1) is 21.8. The third kappa shape index (κ3) is 7.41. The second kappa shape index (κ2) is 14.2. The number of fused-ring (bicyclic) bond motifs is 1. The van der Waals surface area contributed by atoms with Crippen molar-refractivity contribution in [1.82, 2.24) is 24.8 Å². The van der Waals surface area contributed by atoms with Crippen LogP contribution in [-0.2, 0) is 11.2 Å². The fraction of sp³-hybridized carbons (Fsp3) is 0.333. The molecule has 0 spiro atoms.